The van der Waals surface area contributed by atoms with Crippen molar-refractivity contribution in [2.45, 2.75) is 59.0 Å². The Bertz CT molecular complexity index is 912. The second kappa shape index (κ2) is 6.89. The van der Waals surface area contributed by atoms with E-state index in [0.717, 1.165) is 22.2 Å². The maximum atomic E-state index is 10.9. The van der Waals surface area contributed by atoms with Crippen LogP contribution in [0, 0.1) is 0 Å². The Kier molecular flexibility index (Phi) is 4.91. The van der Waals surface area contributed by atoms with Gasteiger partial charge in [0.1, 0.15) is 5.75 Å². The van der Waals surface area contributed by atoms with Gasteiger partial charge in [0.25, 0.3) is 0 Å². The predicted molar refractivity (Wildman–Crippen MR) is 113 cm³/mol. The highest BCUT2D eigenvalue weighted by Gasteiger charge is 2.20. The fraction of sp³-hybridized carbons (Fsp3) is 0.409. The third-order valence-electron chi connectivity index (χ3n) is 4.51. The molecule has 1 heterocycles. The lowest BCUT2D eigenvalue weighted by Gasteiger charge is -2.25. The Morgan fingerprint density at radius 3 is 2.37 bits per heavy atom. The molecule has 0 saturated heterocycles. The normalized spacial score (nSPS) is 12.5. The van der Waals surface area contributed by atoms with Gasteiger partial charge in [-0.05, 0) is 49.9 Å². The number of para-hydroxylation sites is 2. The van der Waals surface area contributed by atoms with Gasteiger partial charge in [-0.15, -0.1) is 0 Å². The van der Waals surface area contributed by atoms with E-state index in [1.54, 1.807) is 0 Å². The number of hydrogen-bond acceptors (Lipinski definition) is 4. The van der Waals surface area contributed by atoms with E-state index in [9.17, 15) is 5.11 Å². The van der Waals surface area contributed by atoms with Crippen LogP contribution in [0.25, 0.3) is 11.0 Å². The number of nitrogens with one attached hydrogen (secondary N) is 3. The van der Waals surface area contributed by atoms with E-state index >= 15 is 0 Å². The summed E-state index contributed by atoms with van der Waals surface area (Å²) in [6, 6.07) is 12.0. The molecule has 5 nitrogen and oxygen atoms in total. The van der Waals surface area contributed by atoms with E-state index < -0.39 is 0 Å². The number of fused-ring (bicyclic) bond motifs is 1. The zero-order valence-electron chi connectivity index (χ0n) is 17.1. The van der Waals surface area contributed by atoms with Crippen LogP contribution in [-0.4, -0.2) is 20.6 Å². The highest BCUT2D eigenvalue weighted by molar-refractivity contribution is 5.79. The average molecular weight is 367 g/mol. The van der Waals surface area contributed by atoms with Crippen LogP contribution in [0.3, 0.4) is 0 Å². The van der Waals surface area contributed by atoms with Gasteiger partial charge < -0.3 is 20.7 Å². The smallest absolute Gasteiger partial charge is 0.205 e. The number of rotatable bonds is 4. The first-order valence-corrected chi connectivity index (χ1v) is 9.36. The Balaban J connectivity index is 1.99. The standard InChI is InChI=1S/C22H30N4O/c1-21(2,3)15-11-14(13-23-22(4,5)6)19(27)18(12-15)26-20-24-16-9-7-8-10-17(16)25-20/h7-12,23,27H,13H2,1-6H3,(H2,24,25,26). The number of phenols is 1. The van der Waals surface area contributed by atoms with Crippen molar-refractivity contribution >= 4 is 22.7 Å². The van der Waals surface area contributed by atoms with Gasteiger partial charge in [-0.25, -0.2) is 4.98 Å². The number of hydrogen-bond donors (Lipinski definition) is 4. The van der Waals surface area contributed by atoms with Gasteiger partial charge in [0.05, 0.1) is 16.7 Å². The molecule has 0 aliphatic heterocycles. The van der Waals surface area contributed by atoms with Crippen molar-refractivity contribution in [2.24, 2.45) is 0 Å². The highest BCUT2D eigenvalue weighted by Crippen LogP contribution is 2.36. The summed E-state index contributed by atoms with van der Waals surface area (Å²) in [5.41, 5.74) is 4.47. The molecule has 0 amide bonds. The molecule has 3 rings (SSSR count). The summed E-state index contributed by atoms with van der Waals surface area (Å²) in [5, 5.41) is 17.6. The first-order valence-electron chi connectivity index (χ1n) is 9.36. The van der Waals surface area contributed by atoms with Crippen molar-refractivity contribution in [2.75, 3.05) is 5.32 Å². The number of aromatic amines is 1. The first-order chi connectivity index (χ1) is 12.5. The number of nitrogens with zero attached hydrogens (tertiary/aromatic N) is 1. The second-order valence-corrected chi connectivity index (χ2v) is 9.11. The third kappa shape index (κ3) is 4.61. The minimum Gasteiger partial charge on any atom is -0.505 e. The molecule has 5 heteroatoms. The SMILES string of the molecule is CC(C)(C)NCc1cc(C(C)(C)C)cc(Nc2nc3ccccc3[nH]2)c1O. The van der Waals surface area contributed by atoms with Crippen LogP contribution in [0.4, 0.5) is 11.6 Å². The molecule has 0 unspecified atom stereocenters. The summed E-state index contributed by atoms with van der Waals surface area (Å²) in [6.45, 7) is 13.5. The minimum absolute atomic E-state index is 0.0312. The molecule has 0 aliphatic carbocycles. The lowest BCUT2D eigenvalue weighted by atomic mass is 9.85. The quantitative estimate of drug-likeness (QED) is 0.479. The molecule has 3 aromatic rings. The van der Waals surface area contributed by atoms with Crippen molar-refractivity contribution < 1.29 is 5.11 Å². The topological polar surface area (TPSA) is 73.0 Å². The summed E-state index contributed by atoms with van der Waals surface area (Å²) < 4.78 is 0. The summed E-state index contributed by atoms with van der Waals surface area (Å²) in [7, 11) is 0. The van der Waals surface area contributed by atoms with Crippen molar-refractivity contribution in [3.05, 3.63) is 47.5 Å². The van der Waals surface area contributed by atoms with Gasteiger partial charge in [-0.3, -0.25) is 0 Å². The molecular formula is C22H30N4O. The number of aromatic hydroxyl groups is 1. The minimum atomic E-state index is -0.0332. The van der Waals surface area contributed by atoms with Crippen molar-refractivity contribution in [1.29, 1.82) is 0 Å². The summed E-state index contributed by atoms with van der Waals surface area (Å²) in [6.07, 6.45) is 0. The fourth-order valence-electron chi connectivity index (χ4n) is 2.86. The maximum absolute atomic E-state index is 10.9. The molecule has 4 N–H and O–H groups in total. The number of imidazole rings is 1. The molecular weight excluding hydrogens is 336 g/mol. The Morgan fingerprint density at radius 1 is 1.04 bits per heavy atom. The van der Waals surface area contributed by atoms with Gasteiger partial charge in [-0.1, -0.05) is 39.0 Å². The number of benzene rings is 2. The number of H-pyrrole nitrogens is 1. The molecule has 0 fully saturated rings. The Hall–Kier alpha value is -2.53. The average Bonchev–Trinajstić information content (AvgIpc) is 2.96. The lowest BCUT2D eigenvalue weighted by molar-refractivity contribution is 0.412. The number of aromatic nitrogens is 2. The van der Waals surface area contributed by atoms with Crippen LogP contribution >= 0.6 is 0 Å². The second-order valence-electron chi connectivity index (χ2n) is 9.11. The predicted octanol–water partition coefficient (Wildman–Crippen LogP) is 5.20. The first kappa shape index (κ1) is 19.2. The zero-order chi connectivity index (χ0) is 19.8. The largest absolute Gasteiger partial charge is 0.505 e. The Labute approximate surface area is 161 Å². The van der Waals surface area contributed by atoms with Crippen molar-refractivity contribution in [3.63, 3.8) is 0 Å². The third-order valence-corrected chi connectivity index (χ3v) is 4.51. The van der Waals surface area contributed by atoms with E-state index in [1.165, 1.54) is 0 Å². The highest BCUT2D eigenvalue weighted by atomic mass is 16.3. The zero-order valence-corrected chi connectivity index (χ0v) is 17.1. The fourth-order valence-corrected chi connectivity index (χ4v) is 2.86. The van der Waals surface area contributed by atoms with Gasteiger partial charge in [0.15, 0.2) is 0 Å². The molecule has 0 atom stereocenters. The number of anilines is 2. The van der Waals surface area contributed by atoms with Crippen LogP contribution in [0.5, 0.6) is 5.75 Å². The molecule has 0 saturated carbocycles. The van der Waals surface area contributed by atoms with Crippen LogP contribution < -0.4 is 10.6 Å². The van der Waals surface area contributed by atoms with Crippen LogP contribution in [-0.2, 0) is 12.0 Å². The van der Waals surface area contributed by atoms with E-state index in [1.807, 2.05) is 30.3 Å². The molecule has 0 aliphatic rings. The van der Waals surface area contributed by atoms with Gasteiger partial charge in [-0.2, -0.15) is 0 Å². The van der Waals surface area contributed by atoms with Crippen LogP contribution in [0.2, 0.25) is 0 Å². The van der Waals surface area contributed by atoms with Crippen molar-refractivity contribution in [3.8, 4) is 5.75 Å². The van der Waals surface area contributed by atoms with Gasteiger partial charge in [0.2, 0.25) is 5.95 Å². The van der Waals surface area contributed by atoms with Crippen LogP contribution in [0.1, 0.15) is 52.7 Å². The van der Waals surface area contributed by atoms with Gasteiger partial charge in [0, 0.05) is 17.6 Å². The number of phenolic OH excluding ortho intramolecular Hbond substituents is 1. The van der Waals surface area contributed by atoms with Crippen LogP contribution in [0.15, 0.2) is 36.4 Å². The summed E-state index contributed by atoms with van der Waals surface area (Å²) in [5.74, 6) is 0.868. The van der Waals surface area contributed by atoms with E-state index in [2.05, 4.69) is 68.2 Å². The molecule has 2 aromatic carbocycles. The lowest BCUT2D eigenvalue weighted by Crippen LogP contribution is -2.35. The van der Waals surface area contributed by atoms with Crippen molar-refractivity contribution in [1.82, 2.24) is 15.3 Å². The molecule has 144 valence electrons. The Morgan fingerprint density at radius 2 is 1.74 bits per heavy atom. The van der Waals surface area contributed by atoms with Gasteiger partial charge >= 0.3 is 0 Å². The van der Waals surface area contributed by atoms with E-state index in [4.69, 9.17) is 0 Å². The molecule has 0 spiro atoms. The summed E-state index contributed by atoms with van der Waals surface area (Å²) >= 11 is 0. The maximum Gasteiger partial charge on any atom is 0.205 e. The van der Waals surface area contributed by atoms with E-state index in [-0.39, 0.29) is 16.7 Å². The molecule has 0 radical (unpaired) electrons. The molecule has 27 heavy (non-hydrogen) atoms. The summed E-state index contributed by atoms with van der Waals surface area (Å²) in [4.78, 5) is 7.82. The molecule has 0 bridgehead atoms. The molecule has 1 aromatic heterocycles. The monoisotopic (exact) mass is 366 g/mol. The van der Waals surface area contributed by atoms with E-state index in [0.29, 0.717) is 18.2 Å².